The molecule has 1 aromatic carbocycles. The average molecular weight is 301 g/mol. The molecule has 0 aliphatic heterocycles. The van der Waals surface area contributed by atoms with Crippen molar-refractivity contribution in [2.24, 2.45) is 0 Å². The standard InChI is InChI=1S/C12H11BrClNO/c1-7(16-2)8-3-4-11(13)10-6-15-12(14)5-9(8)10/h3-7H,1-2H3. The number of methoxy groups -OCH3 is 1. The van der Waals surface area contributed by atoms with E-state index in [1.165, 1.54) is 0 Å². The van der Waals surface area contributed by atoms with Gasteiger partial charge in [0.05, 0.1) is 6.10 Å². The molecule has 0 amide bonds. The Labute approximate surface area is 108 Å². The quantitative estimate of drug-likeness (QED) is 0.769. The predicted octanol–water partition coefficient (Wildman–Crippen LogP) is 4.36. The summed E-state index contributed by atoms with van der Waals surface area (Å²) in [7, 11) is 1.70. The van der Waals surface area contributed by atoms with Gasteiger partial charge in [-0.05, 0) is 30.0 Å². The molecule has 0 fully saturated rings. The number of fused-ring (bicyclic) bond motifs is 1. The second kappa shape index (κ2) is 4.70. The van der Waals surface area contributed by atoms with Crippen LogP contribution < -0.4 is 0 Å². The first-order chi connectivity index (χ1) is 7.63. The molecule has 4 heteroatoms. The van der Waals surface area contributed by atoms with E-state index >= 15 is 0 Å². The van der Waals surface area contributed by atoms with Gasteiger partial charge in [0.15, 0.2) is 0 Å². The summed E-state index contributed by atoms with van der Waals surface area (Å²) in [6, 6.07) is 5.91. The van der Waals surface area contributed by atoms with E-state index in [0.717, 1.165) is 20.8 Å². The van der Waals surface area contributed by atoms with E-state index in [4.69, 9.17) is 16.3 Å². The molecule has 2 aromatic rings. The summed E-state index contributed by atoms with van der Waals surface area (Å²) >= 11 is 9.43. The third kappa shape index (κ3) is 2.08. The maximum absolute atomic E-state index is 5.92. The van der Waals surface area contributed by atoms with Crippen molar-refractivity contribution < 1.29 is 4.74 Å². The summed E-state index contributed by atoms with van der Waals surface area (Å²) < 4.78 is 6.36. The van der Waals surface area contributed by atoms with Crippen molar-refractivity contribution >= 4 is 38.3 Å². The molecule has 0 radical (unpaired) electrons. The number of ether oxygens (including phenoxy) is 1. The van der Waals surface area contributed by atoms with Gasteiger partial charge in [-0.1, -0.05) is 33.6 Å². The molecule has 0 aliphatic rings. The topological polar surface area (TPSA) is 22.1 Å². The molecule has 84 valence electrons. The van der Waals surface area contributed by atoms with Crippen LogP contribution >= 0.6 is 27.5 Å². The van der Waals surface area contributed by atoms with Gasteiger partial charge in [-0.2, -0.15) is 0 Å². The molecular formula is C12H11BrClNO. The summed E-state index contributed by atoms with van der Waals surface area (Å²) in [5.41, 5.74) is 1.12. The van der Waals surface area contributed by atoms with Crippen molar-refractivity contribution in [2.75, 3.05) is 7.11 Å². The first kappa shape index (κ1) is 11.8. The molecule has 16 heavy (non-hydrogen) atoms. The Morgan fingerprint density at radius 2 is 2.12 bits per heavy atom. The van der Waals surface area contributed by atoms with Gasteiger partial charge < -0.3 is 4.74 Å². The minimum atomic E-state index is 0.0362. The minimum Gasteiger partial charge on any atom is -0.377 e. The van der Waals surface area contributed by atoms with Crippen LogP contribution in [-0.2, 0) is 4.74 Å². The Bertz CT molecular complexity index is 530. The van der Waals surface area contributed by atoms with Crippen molar-refractivity contribution in [3.05, 3.63) is 39.6 Å². The van der Waals surface area contributed by atoms with Gasteiger partial charge in [0.1, 0.15) is 5.15 Å². The van der Waals surface area contributed by atoms with Gasteiger partial charge in [0.2, 0.25) is 0 Å². The highest BCUT2D eigenvalue weighted by Gasteiger charge is 2.11. The lowest BCUT2D eigenvalue weighted by Gasteiger charge is -2.13. The first-order valence-corrected chi connectivity index (χ1v) is 6.07. The highest BCUT2D eigenvalue weighted by molar-refractivity contribution is 9.10. The summed E-state index contributed by atoms with van der Waals surface area (Å²) in [5, 5.41) is 2.62. The highest BCUT2D eigenvalue weighted by Crippen LogP contribution is 2.32. The zero-order chi connectivity index (χ0) is 11.7. The normalized spacial score (nSPS) is 13.0. The third-order valence-corrected chi connectivity index (χ3v) is 3.54. The largest absolute Gasteiger partial charge is 0.377 e. The Morgan fingerprint density at radius 3 is 2.81 bits per heavy atom. The number of nitrogens with zero attached hydrogens (tertiary/aromatic N) is 1. The number of hydrogen-bond donors (Lipinski definition) is 0. The molecule has 0 aliphatic carbocycles. The zero-order valence-electron chi connectivity index (χ0n) is 9.00. The van der Waals surface area contributed by atoms with Gasteiger partial charge in [-0.25, -0.2) is 4.98 Å². The molecule has 0 saturated heterocycles. The van der Waals surface area contributed by atoms with Crippen molar-refractivity contribution in [1.82, 2.24) is 4.98 Å². The lowest BCUT2D eigenvalue weighted by molar-refractivity contribution is 0.121. The van der Waals surface area contributed by atoms with E-state index in [1.54, 1.807) is 13.3 Å². The van der Waals surface area contributed by atoms with Crippen LogP contribution in [0, 0.1) is 0 Å². The zero-order valence-corrected chi connectivity index (χ0v) is 11.3. The lowest BCUT2D eigenvalue weighted by Crippen LogP contribution is -1.97. The number of pyridine rings is 1. The smallest absolute Gasteiger partial charge is 0.129 e. The molecule has 0 N–H and O–H groups in total. The Morgan fingerprint density at radius 1 is 1.38 bits per heavy atom. The van der Waals surface area contributed by atoms with Gasteiger partial charge >= 0.3 is 0 Å². The summed E-state index contributed by atoms with van der Waals surface area (Å²) in [4.78, 5) is 4.09. The summed E-state index contributed by atoms with van der Waals surface area (Å²) in [6.45, 7) is 2.01. The van der Waals surface area contributed by atoms with E-state index in [1.807, 2.05) is 25.1 Å². The van der Waals surface area contributed by atoms with Crippen LogP contribution in [0.2, 0.25) is 5.15 Å². The maximum atomic E-state index is 5.92. The van der Waals surface area contributed by atoms with E-state index in [-0.39, 0.29) is 6.10 Å². The molecule has 0 bridgehead atoms. The molecule has 0 spiro atoms. The Hall–Kier alpha value is -0.640. The van der Waals surface area contributed by atoms with Gasteiger partial charge in [0, 0.05) is 23.2 Å². The molecule has 0 saturated carbocycles. The maximum Gasteiger partial charge on any atom is 0.129 e. The van der Waals surface area contributed by atoms with Crippen LogP contribution in [0.3, 0.4) is 0 Å². The van der Waals surface area contributed by atoms with Crippen LogP contribution in [0.15, 0.2) is 28.9 Å². The van der Waals surface area contributed by atoms with Crippen molar-refractivity contribution in [2.45, 2.75) is 13.0 Å². The molecular weight excluding hydrogens is 289 g/mol. The number of benzene rings is 1. The number of hydrogen-bond acceptors (Lipinski definition) is 2. The fourth-order valence-electron chi connectivity index (χ4n) is 1.68. The molecule has 1 unspecified atom stereocenters. The van der Waals surface area contributed by atoms with E-state index in [0.29, 0.717) is 5.15 Å². The number of aromatic nitrogens is 1. The number of rotatable bonds is 2. The fourth-order valence-corrected chi connectivity index (χ4v) is 2.29. The van der Waals surface area contributed by atoms with Crippen LogP contribution in [-0.4, -0.2) is 12.1 Å². The highest BCUT2D eigenvalue weighted by atomic mass is 79.9. The van der Waals surface area contributed by atoms with Gasteiger partial charge in [0.25, 0.3) is 0 Å². The molecule has 2 nitrogen and oxygen atoms in total. The summed E-state index contributed by atoms with van der Waals surface area (Å²) in [5.74, 6) is 0. The fraction of sp³-hybridized carbons (Fsp3) is 0.250. The Kier molecular flexibility index (Phi) is 3.47. The van der Waals surface area contributed by atoms with Crippen LogP contribution in [0.5, 0.6) is 0 Å². The molecule has 2 rings (SSSR count). The van der Waals surface area contributed by atoms with Crippen molar-refractivity contribution in [1.29, 1.82) is 0 Å². The molecule has 1 heterocycles. The summed E-state index contributed by atoms with van der Waals surface area (Å²) in [6.07, 6.45) is 1.81. The number of halogens is 2. The SMILES string of the molecule is COC(C)c1ccc(Br)c2cnc(Cl)cc12. The average Bonchev–Trinajstić information content (AvgIpc) is 2.28. The van der Waals surface area contributed by atoms with Crippen molar-refractivity contribution in [3.8, 4) is 0 Å². The predicted molar refractivity (Wildman–Crippen MR) is 69.9 cm³/mol. The third-order valence-electron chi connectivity index (χ3n) is 2.64. The van der Waals surface area contributed by atoms with E-state index in [9.17, 15) is 0 Å². The van der Waals surface area contributed by atoms with Crippen LogP contribution in [0.25, 0.3) is 10.8 Å². The second-order valence-corrected chi connectivity index (χ2v) is 4.81. The molecule has 1 aromatic heterocycles. The molecule has 1 atom stereocenters. The Balaban J connectivity index is 2.75. The van der Waals surface area contributed by atoms with Gasteiger partial charge in [-0.15, -0.1) is 0 Å². The van der Waals surface area contributed by atoms with E-state index < -0.39 is 0 Å². The lowest BCUT2D eigenvalue weighted by atomic mass is 10.0. The monoisotopic (exact) mass is 299 g/mol. The minimum absolute atomic E-state index is 0.0362. The first-order valence-electron chi connectivity index (χ1n) is 4.90. The van der Waals surface area contributed by atoms with Crippen LogP contribution in [0.1, 0.15) is 18.6 Å². The van der Waals surface area contributed by atoms with Crippen LogP contribution in [0.4, 0.5) is 0 Å². The van der Waals surface area contributed by atoms with E-state index in [2.05, 4.69) is 20.9 Å². The second-order valence-electron chi connectivity index (χ2n) is 3.57. The van der Waals surface area contributed by atoms with Crippen molar-refractivity contribution in [3.63, 3.8) is 0 Å². The van der Waals surface area contributed by atoms with Gasteiger partial charge in [-0.3, -0.25) is 0 Å².